The molecule has 0 bridgehead atoms. The number of oxime groups is 1. The van der Waals surface area contributed by atoms with Crippen molar-refractivity contribution in [2.24, 2.45) is 5.16 Å². The van der Waals surface area contributed by atoms with E-state index in [9.17, 15) is 19.5 Å². The number of anilines is 1. The Hall–Kier alpha value is -3.60. The topological polar surface area (TPSA) is 182 Å². The maximum atomic E-state index is 13.1. The highest BCUT2D eigenvalue weighted by Gasteiger charge is 2.54. The van der Waals surface area contributed by atoms with Gasteiger partial charge in [-0.05, 0) is 12.5 Å². The fourth-order valence-electron chi connectivity index (χ4n) is 3.90. The van der Waals surface area contributed by atoms with Crippen LogP contribution in [0.3, 0.4) is 0 Å². The second kappa shape index (κ2) is 13.0. The minimum absolute atomic E-state index is 0.0265. The number of ether oxygens (including phenoxy) is 2. The summed E-state index contributed by atoms with van der Waals surface area (Å²) in [6.07, 6.45) is 3.66. The highest BCUT2D eigenvalue weighted by Crippen LogP contribution is 2.40. The second-order valence-electron chi connectivity index (χ2n) is 8.36. The zero-order valence-electron chi connectivity index (χ0n) is 21.2. The molecular formula is C23H28N7O7S2+. The Morgan fingerprint density at radius 1 is 1.33 bits per heavy atom. The fourth-order valence-corrected chi connectivity index (χ4v) is 5.67. The molecule has 208 valence electrons. The molecule has 1 unspecified atom stereocenters. The Kier molecular flexibility index (Phi) is 9.45. The molecule has 2 amide bonds. The molecule has 0 aromatic carbocycles. The van der Waals surface area contributed by atoms with Gasteiger partial charge in [0.2, 0.25) is 11.5 Å². The van der Waals surface area contributed by atoms with E-state index < -0.39 is 29.2 Å². The van der Waals surface area contributed by atoms with Gasteiger partial charge in [-0.1, -0.05) is 5.16 Å². The zero-order chi connectivity index (χ0) is 27.9. The number of amides is 2. The molecule has 1 fully saturated rings. The van der Waals surface area contributed by atoms with Crippen molar-refractivity contribution < 1.29 is 38.4 Å². The quantitative estimate of drug-likeness (QED) is 0.0937. The van der Waals surface area contributed by atoms with E-state index in [1.807, 2.05) is 29.1 Å². The number of nitrogens with two attached hydrogens (primary N) is 1. The van der Waals surface area contributed by atoms with Gasteiger partial charge in [-0.2, -0.15) is 9.36 Å². The molecule has 1 saturated heterocycles. The molecule has 2 aliphatic heterocycles. The van der Waals surface area contributed by atoms with Crippen LogP contribution in [-0.4, -0.2) is 87.0 Å². The molecular weight excluding hydrogens is 550 g/mol. The van der Waals surface area contributed by atoms with E-state index >= 15 is 0 Å². The number of thioether (sulfide) groups is 1. The Morgan fingerprint density at radius 3 is 2.74 bits per heavy atom. The lowest BCUT2D eigenvalue weighted by molar-refractivity contribution is -0.689. The summed E-state index contributed by atoms with van der Waals surface area (Å²) in [4.78, 5) is 48.4. The number of fused-ring (bicyclic) bond motifs is 1. The molecule has 4 N–H and O–H groups in total. The lowest BCUT2D eigenvalue weighted by atomic mass is 10.0. The predicted molar refractivity (Wildman–Crippen MR) is 140 cm³/mol. The van der Waals surface area contributed by atoms with Gasteiger partial charge in [-0.3, -0.25) is 14.5 Å². The summed E-state index contributed by atoms with van der Waals surface area (Å²) < 4.78 is 16.3. The first-order chi connectivity index (χ1) is 18.8. The fraction of sp³-hybridized carbons (Fsp3) is 0.435. The minimum atomic E-state index is -1.21. The van der Waals surface area contributed by atoms with Crippen molar-refractivity contribution in [3.63, 3.8) is 0 Å². The number of nitrogens with one attached hydrogen (secondary N) is 1. The lowest BCUT2D eigenvalue weighted by Gasteiger charge is -2.49. The van der Waals surface area contributed by atoms with Crippen LogP contribution in [0.4, 0.5) is 5.13 Å². The Morgan fingerprint density at radius 2 is 2.10 bits per heavy atom. The number of hydrogen-bond donors (Lipinski definition) is 3. The Labute approximate surface area is 232 Å². The van der Waals surface area contributed by atoms with E-state index in [0.717, 1.165) is 17.1 Å². The molecule has 4 heterocycles. The zero-order valence-corrected chi connectivity index (χ0v) is 22.9. The van der Waals surface area contributed by atoms with Crippen LogP contribution in [0.1, 0.15) is 18.3 Å². The summed E-state index contributed by atoms with van der Waals surface area (Å²) in [5, 5.41) is 15.9. The van der Waals surface area contributed by atoms with Gasteiger partial charge in [0.15, 0.2) is 24.1 Å². The van der Waals surface area contributed by atoms with Crippen LogP contribution in [0.25, 0.3) is 0 Å². The van der Waals surface area contributed by atoms with E-state index in [1.54, 1.807) is 14.0 Å². The van der Waals surface area contributed by atoms with Crippen LogP contribution in [0.5, 0.6) is 0 Å². The first kappa shape index (κ1) is 28.4. The van der Waals surface area contributed by atoms with E-state index in [-0.39, 0.29) is 35.5 Å². The number of rotatable bonds is 13. The molecule has 4 rings (SSSR count). The van der Waals surface area contributed by atoms with Gasteiger partial charge in [-0.25, -0.2) is 9.36 Å². The monoisotopic (exact) mass is 578 g/mol. The molecule has 14 nitrogen and oxygen atoms in total. The van der Waals surface area contributed by atoms with Gasteiger partial charge >= 0.3 is 5.97 Å². The average Bonchev–Trinajstić information content (AvgIpc) is 3.36. The van der Waals surface area contributed by atoms with Crippen LogP contribution in [-0.2, 0) is 41.8 Å². The van der Waals surface area contributed by atoms with Crippen LogP contribution >= 0.6 is 23.3 Å². The van der Waals surface area contributed by atoms with E-state index in [1.165, 1.54) is 16.7 Å². The van der Waals surface area contributed by atoms with Gasteiger partial charge in [-0.15, -0.1) is 11.8 Å². The number of carbonyl (C=O) groups excluding carboxylic acids is 2. The lowest BCUT2D eigenvalue weighted by Crippen LogP contribution is -2.71. The summed E-state index contributed by atoms with van der Waals surface area (Å²) >= 11 is 2.26. The predicted octanol–water partition coefficient (Wildman–Crippen LogP) is -0.250. The second-order valence-corrected chi connectivity index (χ2v) is 10.2. The van der Waals surface area contributed by atoms with E-state index in [2.05, 4.69) is 19.8 Å². The third-order valence-electron chi connectivity index (χ3n) is 5.72. The highest BCUT2D eigenvalue weighted by atomic mass is 32.2. The number of carboxylic acid groups (broad SMARTS) is 1. The first-order valence-corrected chi connectivity index (χ1v) is 13.7. The number of hydrogen-bond acceptors (Lipinski definition) is 12. The third-order valence-corrected chi connectivity index (χ3v) is 7.61. The molecule has 2 atom stereocenters. The summed E-state index contributed by atoms with van der Waals surface area (Å²) in [6, 6.07) is 2.82. The van der Waals surface area contributed by atoms with Crippen LogP contribution < -0.4 is 15.6 Å². The molecule has 16 heteroatoms. The van der Waals surface area contributed by atoms with Crippen molar-refractivity contribution in [2.75, 3.05) is 38.4 Å². The Bertz CT molecular complexity index is 1280. The first-order valence-electron chi connectivity index (χ1n) is 11.9. The number of β-lactam (4-membered cyclic amide) rings is 1. The van der Waals surface area contributed by atoms with Crippen molar-refractivity contribution in [1.82, 2.24) is 19.6 Å². The number of methoxy groups -OCH3 is 1. The van der Waals surface area contributed by atoms with Crippen molar-refractivity contribution in [3.05, 3.63) is 47.2 Å². The summed E-state index contributed by atoms with van der Waals surface area (Å²) in [5.41, 5.74) is 6.86. The number of nitrogen functional groups attached to an aromatic ring is 1. The maximum Gasteiger partial charge on any atom is 0.352 e. The molecule has 2 aromatic rings. The van der Waals surface area contributed by atoms with Gasteiger partial charge in [0.05, 0.1) is 19.8 Å². The number of nitrogens with zero attached hydrogens (tertiary/aromatic N) is 5. The number of pyridine rings is 1. The maximum absolute atomic E-state index is 13.1. The van der Waals surface area contributed by atoms with Crippen molar-refractivity contribution in [3.8, 4) is 0 Å². The number of aliphatic carboxylic acids is 1. The normalized spacial score (nSPS) is 19.0. The van der Waals surface area contributed by atoms with Gasteiger partial charge < -0.3 is 30.5 Å². The number of carbonyl (C=O) groups is 3. The molecule has 0 radical (unpaired) electrons. The van der Waals surface area contributed by atoms with Gasteiger partial charge in [0.1, 0.15) is 23.7 Å². The molecule has 2 aliphatic rings. The van der Waals surface area contributed by atoms with Crippen molar-refractivity contribution in [1.29, 1.82) is 0 Å². The standard InChI is InChI=1S/C23H27N7O7S2/c1-3-37-27-15(18-26-23(24)39-28-18)19(31)25-16-20(32)30-17(22(33)34)14(12-38-21(16)30)10-29-6-4-13(5-7-29)11-36-9-8-35-2/h4-7,16,21H,3,8-12H2,1-2H3,(H3-,24,25,26,28,31,33,34)/p+1/t16?,21-/m1/s1. The smallest absolute Gasteiger partial charge is 0.352 e. The SMILES string of the molecule is CCON=C(C(=O)NC1C(=O)N2C(C(=O)O)=C(C[n+]3ccc(COCCOC)cc3)CS[C@H]12)c1nsc(N)n1. The van der Waals surface area contributed by atoms with Crippen LogP contribution in [0.2, 0.25) is 0 Å². The van der Waals surface area contributed by atoms with Gasteiger partial charge in [0.25, 0.3) is 11.8 Å². The Balaban J connectivity index is 1.44. The largest absolute Gasteiger partial charge is 0.477 e. The van der Waals surface area contributed by atoms with Crippen molar-refractivity contribution >= 4 is 51.9 Å². The third kappa shape index (κ3) is 6.52. The summed E-state index contributed by atoms with van der Waals surface area (Å²) in [6.45, 7) is 3.61. The molecule has 0 spiro atoms. The van der Waals surface area contributed by atoms with Crippen molar-refractivity contribution in [2.45, 2.75) is 31.5 Å². The molecule has 39 heavy (non-hydrogen) atoms. The molecule has 0 saturated carbocycles. The summed E-state index contributed by atoms with van der Waals surface area (Å²) in [7, 11) is 1.61. The summed E-state index contributed by atoms with van der Waals surface area (Å²) in [5.74, 6) is -2.14. The van der Waals surface area contributed by atoms with Crippen LogP contribution in [0.15, 0.2) is 41.0 Å². The number of carboxylic acids is 1. The van der Waals surface area contributed by atoms with E-state index in [4.69, 9.17) is 20.0 Å². The molecule has 0 aliphatic carbocycles. The van der Waals surface area contributed by atoms with E-state index in [0.29, 0.717) is 31.1 Å². The minimum Gasteiger partial charge on any atom is -0.477 e. The number of aromatic nitrogens is 3. The average molecular weight is 579 g/mol. The van der Waals surface area contributed by atoms with Gasteiger partial charge in [0, 0.05) is 42.1 Å². The molecule has 2 aromatic heterocycles. The highest BCUT2D eigenvalue weighted by molar-refractivity contribution is 8.00. The van der Waals surface area contributed by atoms with Crippen LogP contribution in [0, 0.1) is 0 Å².